The van der Waals surface area contributed by atoms with E-state index in [9.17, 15) is 23.1 Å². The lowest BCUT2D eigenvalue weighted by atomic mass is 10.1. The molecule has 1 aromatic carbocycles. The Morgan fingerprint density at radius 3 is 2.50 bits per heavy atom. The maximum absolute atomic E-state index is 12.0. The molecule has 7 heteroatoms. The summed E-state index contributed by atoms with van der Waals surface area (Å²) >= 11 is 0. The van der Waals surface area contributed by atoms with Gasteiger partial charge in [-0.1, -0.05) is 6.07 Å². The van der Waals surface area contributed by atoms with Gasteiger partial charge in [0.1, 0.15) is 5.69 Å². The number of halogens is 3. The average Bonchev–Trinajstić information content (AvgIpc) is 2.40. The van der Waals surface area contributed by atoms with Crippen LogP contribution in [0.25, 0.3) is 0 Å². The normalized spacial score (nSPS) is 11.2. The van der Waals surface area contributed by atoms with Gasteiger partial charge in [0.05, 0.1) is 0 Å². The predicted molar refractivity (Wildman–Crippen MR) is 62.5 cm³/mol. The van der Waals surface area contributed by atoms with Crippen LogP contribution in [0.5, 0.6) is 11.5 Å². The van der Waals surface area contributed by atoms with Crippen molar-refractivity contribution >= 4 is 5.78 Å². The van der Waals surface area contributed by atoms with Gasteiger partial charge >= 0.3 is 6.36 Å². The molecular formula is C13H8F3NO3. The molecule has 0 amide bonds. The Morgan fingerprint density at radius 1 is 1.20 bits per heavy atom. The molecule has 0 bridgehead atoms. The lowest BCUT2D eigenvalue weighted by Gasteiger charge is -2.10. The monoisotopic (exact) mass is 283 g/mol. The van der Waals surface area contributed by atoms with Gasteiger partial charge in [-0.2, -0.15) is 0 Å². The average molecular weight is 283 g/mol. The van der Waals surface area contributed by atoms with Crippen LogP contribution in [0.3, 0.4) is 0 Å². The number of benzene rings is 1. The Hall–Kier alpha value is -2.57. The van der Waals surface area contributed by atoms with Crippen molar-refractivity contribution in [2.24, 2.45) is 0 Å². The second-order valence-electron chi connectivity index (χ2n) is 3.77. The van der Waals surface area contributed by atoms with E-state index in [1.54, 1.807) is 12.1 Å². The first-order valence-corrected chi connectivity index (χ1v) is 5.41. The molecule has 1 aromatic heterocycles. The van der Waals surface area contributed by atoms with Crippen molar-refractivity contribution in [2.75, 3.05) is 0 Å². The Bertz CT molecular complexity index is 627. The molecule has 0 saturated heterocycles. The molecule has 0 aliphatic rings. The number of aromatic hydroxyl groups is 1. The van der Waals surface area contributed by atoms with Crippen LogP contribution in [-0.2, 0) is 0 Å². The summed E-state index contributed by atoms with van der Waals surface area (Å²) in [6.07, 6.45) is -3.50. The minimum Gasteiger partial charge on any atom is -0.504 e. The number of rotatable bonds is 3. The number of pyridine rings is 1. The summed E-state index contributed by atoms with van der Waals surface area (Å²) < 4.78 is 39.7. The van der Waals surface area contributed by atoms with Crippen LogP contribution in [0.4, 0.5) is 13.2 Å². The van der Waals surface area contributed by atoms with Gasteiger partial charge < -0.3 is 9.84 Å². The maximum Gasteiger partial charge on any atom is 0.573 e. The molecule has 0 radical (unpaired) electrons. The highest BCUT2D eigenvalue weighted by Gasteiger charge is 2.32. The molecule has 2 rings (SSSR count). The van der Waals surface area contributed by atoms with E-state index in [2.05, 4.69) is 9.72 Å². The van der Waals surface area contributed by atoms with Gasteiger partial charge in [0.15, 0.2) is 11.5 Å². The Balaban J connectivity index is 2.28. The second-order valence-corrected chi connectivity index (χ2v) is 3.77. The molecule has 1 N–H and O–H groups in total. The summed E-state index contributed by atoms with van der Waals surface area (Å²) in [4.78, 5) is 15.8. The van der Waals surface area contributed by atoms with Gasteiger partial charge in [0.2, 0.25) is 5.78 Å². The topological polar surface area (TPSA) is 59.4 Å². The van der Waals surface area contributed by atoms with Crippen molar-refractivity contribution in [2.45, 2.75) is 6.36 Å². The first-order valence-electron chi connectivity index (χ1n) is 5.41. The summed E-state index contributed by atoms with van der Waals surface area (Å²) in [6, 6.07) is 7.57. The zero-order valence-corrected chi connectivity index (χ0v) is 9.89. The molecule has 0 aliphatic heterocycles. The maximum atomic E-state index is 12.0. The molecule has 0 spiro atoms. The fraction of sp³-hybridized carbons (Fsp3) is 0.0769. The fourth-order valence-electron chi connectivity index (χ4n) is 1.51. The van der Waals surface area contributed by atoms with Gasteiger partial charge in [-0.25, -0.2) is 0 Å². The highest BCUT2D eigenvalue weighted by atomic mass is 19.4. The van der Waals surface area contributed by atoms with E-state index in [4.69, 9.17) is 0 Å². The minimum absolute atomic E-state index is 0.00993. The van der Waals surface area contributed by atoms with E-state index in [0.717, 1.165) is 18.2 Å². The van der Waals surface area contributed by atoms with Gasteiger partial charge in [0, 0.05) is 11.8 Å². The predicted octanol–water partition coefficient (Wildman–Crippen LogP) is 2.92. The van der Waals surface area contributed by atoms with Crippen molar-refractivity contribution < 1.29 is 27.8 Å². The van der Waals surface area contributed by atoms with Crippen molar-refractivity contribution in [3.05, 3.63) is 53.9 Å². The number of hydrogen-bond donors (Lipinski definition) is 1. The lowest BCUT2D eigenvalue weighted by molar-refractivity contribution is -0.275. The van der Waals surface area contributed by atoms with E-state index in [1.165, 1.54) is 12.3 Å². The van der Waals surface area contributed by atoms with Crippen molar-refractivity contribution in [3.63, 3.8) is 0 Å². The molecule has 2 aromatic rings. The third kappa shape index (κ3) is 3.25. The quantitative estimate of drug-likeness (QED) is 0.880. The molecule has 0 atom stereocenters. The summed E-state index contributed by atoms with van der Waals surface area (Å²) in [6.45, 7) is 0. The zero-order valence-electron chi connectivity index (χ0n) is 9.89. The Kier molecular flexibility index (Phi) is 3.60. The van der Waals surface area contributed by atoms with Crippen molar-refractivity contribution in [1.82, 2.24) is 4.98 Å². The van der Waals surface area contributed by atoms with Crippen LogP contribution in [-0.4, -0.2) is 22.2 Å². The number of aromatic nitrogens is 1. The number of phenolic OH excluding ortho intramolecular Hbond substituents is 1. The number of ketones is 1. The molecule has 20 heavy (non-hydrogen) atoms. The van der Waals surface area contributed by atoms with Crippen LogP contribution in [0.15, 0.2) is 42.6 Å². The SMILES string of the molecule is O=C(c1ccc(OC(F)(F)F)c(O)c1)c1ccccn1. The second kappa shape index (κ2) is 5.20. The van der Waals surface area contributed by atoms with Gasteiger partial charge in [-0.05, 0) is 30.3 Å². The van der Waals surface area contributed by atoms with Crippen LogP contribution < -0.4 is 4.74 Å². The van der Waals surface area contributed by atoms with Crippen LogP contribution >= 0.6 is 0 Å². The minimum atomic E-state index is -4.91. The number of phenols is 1. The number of carbonyl (C=O) groups is 1. The molecule has 0 fully saturated rings. The summed E-state index contributed by atoms with van der Waals surface area (Å²) in [5, 5.41) is 9.45. The number of alkyl halides is 3. The largest absolute Gasteiger partial charge is 0.573 e. The van der Waals surface area contributed by atoms with Crippen LogP contribution in [0.1, 0.15) is 16.1 Å². The van der Waals surface area contributed by atoms with Gasteiger partial charge in [0.25, 0.3) is 0 Å². The summed E-state index contributed by atoms with van der Waals surface area (Å²) in [7, 11) is 0. The number of nitrogens with zero attached hydrogens (tertiary/aromatic N) is 1. The van der Waals surface area contributed by atoms with E-state index in [1.807, 2.05) is 0 Å². The molecule has 1 heterocycles. The first-order chi connectivity index (χ1) is 9.37. The van der Waals surface area contributed by atoms with Crippen molar-refractivity contribution in [1.29, 1.82) is 0 Å². The van der Waals surface area contributed by atoms with Crippen LogP contribution in [0.2, 0.25) is 0 Å². The Labute approximate surface area is 111 Å². The summed E-state index contributed by atoms with van der Waals surface area (Å²) in [5.74, 6) is -2.06. The third-order valence-electron chi connectivity index (χ3n) is 2.34. The molecule has 0 aliphatic carbocycles. The van der Waals surface area contributed by atoms with Crippen LogP contribution in [0, 0.1) is 0 Å². The highest BCUT2D eigenvalue weighted by molar-refractivity contribution is 6.07. The number of carbonyl (C=O) groups excluding carboxylic acids is 1. The van der Waals surface area contributed by atoms with E-state index in [0.29, 0.717) is 0 Å². The van der Waals surface area contributed by atoms with Crippen molar-refractivity contribution in [3.8, 4) is 11.5 Å². The highest BCUT2D eigenvalue weighted by Crippen LogP contribution is 2.32. The standard InChI is InChI=1S/C13H8F3NO3/c14-13(15,16)20-11-5-4-8(7-10(11)18)12(19)9-3-1-2-6-17-9/h1-7,18H. The molecule has 104 valence electrons. The third-order valence-corrected chi connectivity index (χ3v) is 2.34. The Morgan fingerprint density at radius 2 is 1.95 bits per heavy atom. The summed E-state index contributed by atoms with van der Waals surface area (Å²) in [5.41, 5.74) is 0.132. The number of ether oxygens (including phenoxy) is 1. The van der Waals surface area contributed by atoms with Gasteiger partial charge in [-0.15, -0.1) is 13.2 Å². The van der Waals surface area contributed by atoms with E-state index >= 15 is 0 Å². The molecule has 0 saturated carbocycles. The molecular weight excluding hydrogens is 275 g/mol. The fourth-order valence-corrected chi connectivity index (χ4v) is 1.51. The molecule has 0 unspecified atom stereocenters. The lowest BCUT2D eigenvalue weighted by Crippen LogP contribution is -2.17. The van der Waals surface area contributed by atoms with E-state index in [-0.39, 0.29) is 11.3 Å². The first kappa shape index (κ1) is 13.9. The smallest absolute Gasteiger partial charge is 0.504 e. The number of hydrogen-bond acceptors (Lipinski definition) is 4. The van der Waals surface area contributed by atoms with E-state index < -0.39 is 23.6 Å². The molecule has 4 nitrogen and oxygen atoms in total. The zero-order chi connectivity index (χ0) is 14.8. The van der Waals surface area contributed by atoms with Gasteiger partial charge in [-0.3, -0.25) is 9.78 Å².